The number of nitrogens with zero attached hydrogens (tertiary/aromatic N) is 1. The average Bonchev–Trinajstić information content (AvgIpc) is 2.48. The van der Waals surface area contributed by atoms with Crippen LogP contribution in [0.15, 0.2) is 36.7 Å². The van der Waals surface area contributed by atoms with Crippen LogP contribution in [0.2, 0.25) is 0 Å². The number of nitrogens with one attached hydrogen (secondary N) is 1. The van der Waals surface area contributed by atoms with E-state index < -0.39 is 17.8 Å². The van der Waals surface area contributed by atoms with Crippen LogP contribution in [0.3, 0.4) is 0 Å². The molecule has 0 saturated carbocycles. The zero-order chi connectivity index (χ0) is 14.5. The van der Waals surface area contributed by atoms with E-state index in [-0.39, 0.29) is 11.9 Å². The van der Waals surface area contributed by atoms with Gasteiger partial charge >= 0.3 is 5.97 Å². The smallest absolute Gasteiger partial charge is 0.307 e. The van der Waals surface area contributed by atoms with Crippen molar-refractivity contribution in [3.05, 3.63) is 42.2 Å². The van der Waals surface area contributed by atoms with Gasteiger partial charge in [-0.15, -0.1) is 0 Å². The maximum Gasteiger partial charge on any atom is 0.307 e. The number of carbonyl (C=O) groups is 2. The van der Waals surface area contributed by atoms with Crippen molar-refractivity contribution in [1.29, 1.82) is 0 Å². The van der Waals surface area contributed by atoms with Crippen LogP contribution in [0.25, 0.3) is 0 Å². The second-order valence-electron chi connectivity index (χ2n) is 5.01. The SMILES string of the molecule is C[C@H](NC(=O)C1CC=CCC1C(=O)O)c1cccnc1. The number of aromatic nitrogens is 1. The molecule has 1 aromatic rings. The van der Waals surface area contributed by atoms with Gasteiger partial charge in [-0.2, -0.15) is 0 Å². The number of pyridine rings is 1. The first-order valence-electron chi connectivity index (χ1n) is 6.67. The zero-order valence-electron chi connectivity index (χ0n) is 11.3. The number of hydrogen-bond donors (Lipinski definition) is 2. The fraction of sp³-hybridized carbons (Fsp3) is 0.400. The second kappa shape index (κ2) is 6.32. The number of hydrogen-bond acceptors (Lipinski definition) is 3. The van der Waals surface area contributed by atoms with E-state index in [1.165, 1.54) is 0 Å². The van der Waals surface area contributed by atoms with Crippen LogP contribution in [0, 0.1) is 11.8 Å². The van der Waals surface area contributed by atoms with Crippen molar-refractivity contribution in [3.63, 3.8) is 0 Å². The quantitative estimate of drug-likeness (QED) is 0.822. The van der Waals surface area contributed by atoms with Gasteiger partial charge in [0.05, 0.1) is 17.9 Å². The molecule has 1 aromatic heterocycles. The molecule has 0 radical (unpaired) electrons. The summed E-state index contributed by atoms with van der Waals surface area (Å²) < 4.78 is 0. The summed E-state index contributed by atoms with van der Waals surface area (Å²) >= 11 is 0. The first-order chi connectivity index (χ1) is 9.59. The largest absolute Gasteiger partial charge is 0.481 e. The molecule has 2 rings (SSSR count). The van der Waals surface area contributed by atoms with Crippen molar-refractivity contribution in [2.75, 3.05) is 0 Å². The summed E-state index contributed by atoms with van der Waals surface area (Å²) in [4.78, 5) is 27.5. The monoisotopic (exact) mass is 274 g/mol. The fourth-order valence-corrected chi connectivity index (χ4v) is 2.41. The third-order valence-electron chi connectivity index (χ3n) is 3.63. The third kappa shape index (κ3) is 3.23. The lowest BCUT2D eigenvalue weighted by Gasteiger charge is -2.26. The maximum atomic E-state index is 12.3. The van der Waals surface area contributed by atoms with Crippen LogP contribution >= 0.6 is 0 Å². The molecule has 0 saturated heterocycles. The molecule has 1 aliphatic rings. The number of amides is 1. The maximum absolute atomic E-state index is 12.3. The first-order valence-corrected chi connectivity index (χ1v) is 6.67. The minimum Gasteiger partial charge on any atom is -0.481 e. The molecule has 1 heterocycles. The first kappa shape index (κ1) is 14.2. The van der Waals surface area contributed by atoms with Gasteiger partial charge in [-0.3, -0.25) is 14.6 Å². The van der Waals surface area contributed by atoms with E-state index in [0.29, 0.717) is 12.8 Å². The van der Waals surface area contributed by atoms with Gasteiger partial charge in [0.25, 0.3) is 0 Å². The highest BCUT2D eigenvalue weighted by Crippen LogP contribution is 2.26. The molecule has 0 aromatic carbocycles. The lowest BCUT2D eigenvalue weighted by molar-refractivity contribution is -0.147. The lowest BCUT2D eigenvalue weighted by Crippen LogP contribution is -2.39. The highest BCUT2D eigenvalue weighted by molar-refractivity contribution is 5.85. The van der Waals surface area contributed by atoms with Crippen molar-refractivity contribution < 1.29 is 14.7 Å². The van der Waals surface area contributed by atoms with E-state index in [0.717, 1.165) is 5.56 Å². The van der Waals surface area contributed by atoms with E-state index in [9.17, 15) is 14.7 Å². The van der Waals surface area contributed by atoms with Gasteiger partial charge in [0, 0.05) is 12.4 Å². The molecule has 106 valence electrons. The number of carboxylic acids is 1. The summed E-state index contributed by atoms with van der Waals surface area (Å²) in [7, 11) is 0. The Bertz CT molecular complexity index is 513. The Labute approximate surface area is 117 Å². The van der Waals surface area contributed by atoms with Crippen LogP contribution in [0.5, 0.6) is 0 Å². The van der Waals surface area contributed by atoms with Gasteiger partial charge in [0.1, 0.15) is 0 Å². The lowest BCUT2D eigenvalue weighted by atomic mass is 9.82. The normalized spacial score (nSPS) is 23.1. The Morgan fingerprint density at radius 1 is 1.35 bits per heavy atom. The Morgan fingerprint density at radius 2 is 2.05 bits per heavy atom. The zero-order valence-corrected chi connectivity index (χ0v) is 11.3. The van der Waals surface area contributed by atoms with Crippen LogP contribution in [-0.4, -0.2) is 22.0 Å². The van der Waals surface area contributed by atoms with Crippen molar-refractivity contribution in [1.82, 2.24) is 10.3 Å². The van der Waals surface area contributed by atoms with E-state index in [4.69, 9.17) is 0 Å². The summed E-state index contributed by atoms with van der Waals surface area (Å²) in [6.45, 7) is 1.86. The molecular weight excluding hydrogens is 256 g/mol. The number of carbonyl (C=O) groups excluding carboxylic acids is 1. The topological polar surface area (TPSA) is 79.3 Å². The predicted molar refractivity (Wildman–Crippen MR) is 73.8 cm³/mol. The van der Waals surface area contributed by atoms with Crippen LogP contribution in [0.4, 0.5) is 0 Å². The molecule has 0 bridgehead atoms. The molecule has 3 atom stereocenters. The standard InChI is InChI=1S/C15H18N2O3/c1-10(11-5-4-8-16-9-11)17-14(18)12-6-2-3-7-13(12)15(19)20/h2-5,8-10,12-13H,6-7H2,1H3,(H,17,18)(H,19,20)/t10-,12?,13?/m0/s1. The van der Waals surface area contributed by atoms with Crippen molar-refractivity contribution in [2.24, 2.45) is 11.8 Å². The molecule has 2 unspecified atom stereocenters. The highest BCUT2D eigenvalue weighted by atomic mass is 16.4. The third-order valence-corrected chi connectivity index (χ3v) is 3.63. The predicted octanol–water partition coefficient (Wildman–Crippen LogP) is 1.93. The van der Waals surface area contributed by atoms with E-state index in [2.05, 4.69) is 10.3 Å². The average molecular weight is 274 g/mol. The number of aliphatic carboxylic acids is 1. The molecule has 1 amide bonds. The van der Waals surface area contributed by atoms with Gasteiger partial charge in [-0.1, -0.05) is 18.2 Å². The van der Waals surface area contributed by atoms with Crippen molar-refractivity contribution >= 4 is 11.9 Å². The Morgan fingerprint density at radius 3 is 2.65 bits per heavy atom. The molecule has 0 fully saturated rings. The summed E-state index contributed by atoms with van der Waals surface area (Å²) in [6.07, 6.45) is 7.95. The highest BCUT2D eigenvalue weighted by Gasteiger charge is 2.34. The number of allylic oxidation sites excluding steroid dienone is 2. The molecule has 20 heavy (non-hydrogen) atoms. The molecule has 0 spiro atoms. The Hall–Kier alpha value is -2.17. The van der Waals surface area contributed by atoms with E-state index in [1.54, 1.807) is 18.5 Å². The van der Waals surface area contributed by atoms with E-state index >= 15 is 0 Å². The molecule has 5 nitrogen and oxygen atoms in total. The summed E-state index contributed by atoms with van der Waals surface area (Å²) in [6, 6.07) is 3.51. The van der Waals surface area contributed by atoms with Gasteiger partial charge in [0.15, 0.2) is 0 Å². The van der Waals surface area contributed by atoms with E-state index in [1.807, 2.05) is 25.1 Å². The minimum atomic E-state index is -0.913. The summed E-state index contributed by atoms with van der Waals surface area (Å²) in [5.41, 5.74) is 0.902. The molecular formula is C15H18N2O3. The van der Waals surface area contributed by atoms with Crippen molar-refractivity contribution in [3.8, 4) is 0 Å². The van der Waals surface area contributed by atoms with Gasteiger partial charge in [-0.05, 0) is 31.4 Å². The van der Waals surface area contributed by atoms with Crippen LogP contribution < -0.4 is 5.32 Å². The second-order valence-corrected chi connectivity index (χ2v) is 5.01. The molecule has 0 aliphatic heterocycles. The van der Waals surface area contributed by atoms with Gasteiger partial charge in [0.2, 0.25) is 5.91 Å². The Kier molecular flexibility index (Phi) is 4.50. The Balaban J connectivity index is 2.04. The number of carboxylic acid groups (broad SMARTS) is 1. The van der Waals surface area contributed by atoms with Gasteiger partial charge in [-0.25, -0.2) is 0 Å². The van der Waals surface area contributed by atoms with Crippen LogP contribution in [0.1, 0.15) is 31.4 Å². The minimum absolute atomic E-state index is 0.184. The van der Waals surface area contributed by atoms with Crippen molar-refractivity contribution in [2.45, 2.75) is 25.8 Å². The number of rotatable bonds is 4. The molecule has 1 aliphatic carbocycles. The molecule has 2 N–H and O–H groups in total. The van der Waals surface area contributed by atoms with Crippen LogP contribution in [-0.2, 0) is 9.59 Å². The van der Waals surface area contributed by atoms with Gasteiger partial charge < -0.3 is 10.4 Å². The summed E-state index contributed by atoms with van der Waals surface area (Å²) in [5, 5.41) is 12.1. The molecule has 5 heteroatoms. The summed E-state index contributed by atoms with van der Waals surface area (Å²) in [5.74, 6) is -2.26. The fourth-order valence-electron chi connectivity index (χ4n) is 2.41.